The molecule has 0 amide bonds. The molecule has 1 aliphatic carbocycles. The molecule has 3 atom stereocenters. The highest BCUT2D eigenvalue weighted by Gasteiger charge is 2.42. The lowest BCUT2D eigenvalue weighted by Crippen LogP contribution is -2.60. The maximum atomic E-state index is 5.93. The summed E-state index contributed by atoms with van der Waals surface area (Å²) < 4.78 is 12.9. The highest BCUT2D eigenvalue weighted by Crippen LogP contribution is 2.29. The second-order valence-electron chi connectivity index (χ2n) is 4.16. The van der Waals surface area contributed by atoms with Crippen LogP contribution in [0.4, 0.5) is 0 Å². The van der Waals surface area contributed by atoms with E-state index in [1.165, 1.54) is 3.57 Å². The van der Waals surface area contributed by atoms with Crippen molar-refractivity contribution >= 4 is 22.6 Å². The molecule has 3 unspecified atom stereocenters. The van der Waals surface area contributed by atoms with Crippen molar-refractivity contribution in [3.05, 3.63) is 27.8 Å². The Kier molecular flexibility index (Phi) is 4.64. The SMILES string of the molecule is CCOC1C(NC)CC1Oc1ccc(I)cc1. The minimum absolute atomic E-state index is 0.171. The Morgan fingerprint density at radius 2 is 2.06 bits per heavy atom. The van der Waals surface area contributed by atoms with Gasteiger partial charge in [0.15, 0.2) is 0 Å². The van der Waals surface area contributed by atoms with E-state index in [9.17, 15) is 0 Å². The van der Waals surface area contributed by atoms with Gasteiger partial charge in [-0.1, -0.05) is 0 Å². The van der Waals surface area contributed by atoms with Crippen molar-refractivity contribution in [3.63, 3.8) is 0 Å². The third-order valence-corrected chi connectivity index (χ3v) is 3.80. The fraction of sp³-hybridized carbons (Fsp3) is 0.538. The molecule has 3 nitrogen and oxygen atoms in total. The van der Waals surface area contributed by atoms with Gasteiger partial charge in [0.2, 0.25) is 0 Å². The molecule has 1 aromatic carbocycles. The first-order chi connectivity index (χ1) is 8.24. The van der Waals surface area contributed by atoms with E-state index in [1.54, 1.807) is 0 Å². The number of halogens is 1. The van der Waals surface area contributed by atoms with Crippen LogP contribution in [0.3, 0.4) is 0 Å². The zero-order chi connectivity index (χ0) is 12.3. The molecule has 0 bridgehead atoms. The minimum atomic E-state index is 0.171. The summed E-state index contributed by atoms with van der Waals surface area (Å²) in [4.78, 5) is 0. The Balaban J connectivity index is 1.93. The summed E-state index contributed by atoms with van der Waals surface area (Å²) >= 11 is 2.29. The third kappa shape index (κ3) is 3.11. The summed E-state index contributed by atoms with van der Waals surface area (Å²) in [7, 11) is 1.97. The van der Waals surface area contributed by atoms with Crippen molar-refractivity contribution in [2.75, 3.05) is 13.7 Å². The average molecular weight is 347 g/mol. The van der Waals surface area contributed by atoms with Gasteiger partial charge in [-0.05, 0) is 60.8 Å². The van der Waals surface area contributed by atoms with E-state index in [-0.39, 0.29) is 12.2 Å². The summed E-state index contributed by atoms with van der Waals surface area (Å²) in [5.74, 6) is 0.926. The van der Waals surface area contributed by atoms with Gasteiger partial charge in [0.1, 0.15) is 18.0 Å². The van der Waals surface area contributed by atoms with Crippen molar-refractivity contribution in [1.82, 2.24) is 5.32 Å². The average Bonchev–Trinajstić information content (AvgIpc) is 2.33. The first kappa shape index (κ1) is 13.1. The number of hydrogen-bond acceptors (Lipinski definition) is 3. The number of likely N-dealkylation sites (N-methyl/N-ethyl adjacent to an activating group) is 1. The largest absolute Gasteiger partial charge is 0.488 e. The molecule has 1 aliphatic rings. The maximum Gasteiger partial charge on any atom is 0.128 e. The van der Waals surface area contributed by atoms with Gasteiger partial charge in [-0.25, -0.2) is 0 Å². The van der Waals surface area contributed by atoms with Crippen LogP contribution < -0.4 is 10.1 Å². The van der Waals surface area contributed by atoms with E-state index >= 15 is 0 Å². The van der Waals surface area contributed by atoms with Crippen LogP contribution >= 0.6 is 22.6 Å². The zero-order valence-electron chi connectivity index (χ0n) is 10.2. The summed E-state index contributed by atoms with van der Waals surface area (Å²) in [6.07, 6.45) is 1.35. The van der Waals surface area contributed by atoms with Crippen LogP contribution in [0.2, 0.25) is 0 Å². The van der Waals surface area contributed by atoms with Crippen LogP contribution in [-0.4, -0.2) is 31.9 Å². The molecule has 1 saturated carbocycles. The highest BCUT2D eigenvalue weighted by molar-refractivity contribution is 14.1. The van der Waals surface area contributed by atoms with Crippen LogP contribution in [0.15, 0.2) is 24.3 Å². The molecular weight excluding hydrogens is 329 g/mol. The molecule has 1 N–H and O–H groups in total. The summed E-state index contributed by atoms with van der Waals surface area (Å²) in [6, 6.07) is 8.55. The van der Waals surface area contributed by atoms with E-state index in [1.807, 2.05) is 26.1 Å². The Hall–Kier alpha value is -0.330. The van der Waals surface area contributed by atoms with Crippen molar-refractivity contribution in [1.29, 1.82) is 0 Å². The molecule has 0 radical (unpaired) electrons. The minimum Gasteiger partial charge on any atom is -0.488 e. The smallest absolute Gasteiger partial charge is 0.128 e. The predicted octanol–water partition coefficient (Wildman–Crippen LogP) is 2.44. The second-order valence-corrected chi connectivity index (χ2v) is 5.41. The van der Waals surface area contributed by atoms with Gasteiger partial charge >= 0.3 is 0 Å². The molecule has 4 heteroatoms. The first-order valence-electron chi connectivity index (χ1n) is 5.95. The van der Waals surface area contributed by atoms with Crippen LogP contribution in [0.25, 0.3) is 0 Å². The predicted molar refractivity (Wildman–Crippen MR) is 76.5 cm³/mol. The molecule has 0 spiro atoms. The fourth-order valence-electron chi connectivity index (χ4n) is 2.08. The molecule has 94 valence electrons. The zero-order valence-corrected chi connectivity index (χ0v) is 12.3. The van der Waals surface area contributed by atoms with Gasteiger partial charge in [0.25, 0.3) is 0 Å². The van der Waals surface area contributed by atoms with Gasteiger partial charge in [-0.15, -0.1) is 0 Å². The lowest BCUT2D eigenvalue weighted by molar-refractivity contribution is -0.103. The topological polar surface area (TPSA) is 30.5 Å². The van der Waals surface area contributed by atoms with Gasteiger partial charge in [0.05, 0.1) is 0 Å². The van der Waals surface area contributed by atoms with E-state index < -0.39 is 0 Å². The summed E-state index contributed by atoms with van der Waals surface area (Å²) in [6.45, 7) is 2.75. The monoisotopic (exact) mass is 347 g/mol. The Bertz CT molecular complexity index is 355. The Labute approximate surface area is 116 Å². The number of ether oxygens (including phenoxy) is 2. The summed E-state index contributed by atoms with van der Waals surface area (Å²) in [5, 5.41) is 3.25. The molecule has 0 saturated heterocycles. The third-order valence-electron chi connectivity index (χ3n) is 3.08. The standard InChI is InChI=1S/C13H18INO2/c1-3-16-13-11(15-2)8-12(13)17-10-6-4-9(14)5-7-10/h4-7,11-13,15H,3,8H2,1-2H3. The van der Waals surface area contributed by atoms with Crippen LogP contribution in [0.5, 0.6) is 5.75 Å². The molecule has 17 heavy (non-hydrogen) atoms. The molecule has 2 rings (SSSR count). The molecular formula is C13H18INO2. The number of benzene rings is 1. The van der Waals surface area contributed by atoms with Crippen molar-refractivity contribution in [2.24, 2.45) is 0 Å². The van der Waals surface area contributed by atoms with Crippen molar-refractivity contribution in [3.8, 4) is 5.75 Å². The van der Waals surface area contributed by atoms with E-state index in [2.05, 4.69) is 40.0 Å². The Morgan fingerprint density at radius 1 is 1.35 bits per heavy atom. The number of nitrogens with one attached hydrogen (secondary N) is 1. The molecule has 1 aromatic rings. The van der Waals surface area contributed by atoms with Gasteiger partial charge < -0.3 is 14.8 Å². The van der Waals surface area contributed by atoms with Gasteiger partial charge in [-0.3, -0.25) is 0 Å². The maximum absolute atomic E-state index is 5.93. The number of rotatable bonds is 5. The lowest BCUT2D eigenvalue weighted by Gasteiger charge is -2.43. The number of hydrogen-bond donors (Lipinski definition) is 1. The summed E-state index contributed by atoms with van der Waals surface area (Å²) in [5.41, 5.74) is 0. The molecule has 0 aromatic heterocycles. The van der Waals surface area contributed by atoms with Crippen LogP contribution in [0, 0.1) is 3.57 Å². The van der Waals surface area contributed by atoms with Gasteiger partial charge in [0, 0.05) is 22.6 Å². The fourth-order valence-corrected chi connectivity index (χ4v) is 2.44. The lowest BCUT2D eigenvalue weighted by atomic mass is 9.85. The van der Waals surface area contributed by atoms with E-state index in [0.717, 1.165) is 18.8 Å². The molecule has 0 heterocycles. The van der Waals surface area contributed by atoms with Crippen molar-refractivity contribution in [2.45, 2.75) is 31.6 Å². The van der Waals surface area contributed by atoms with Crippen LogP contribution in [-0.2, 0) is 4.74 Å². The normalized spacial score (nSPS) is 27.6. The quantitative estimate of drug-likeness (QED) is 0.830. The van der Waals surface area contributed by atoms with Crippen LogP contribution in [0.1, 0.15) is 13.3 Å². The molecule has 1 fully saturated rings. The second kappa shape index (κ2) is 6.02. The van der Waals surface area contributed by atoms with Gasteiger partial charge in [-0.2, -0.15) is 0 Å². The van der Waals surface area contributed by atoms with E-state index in [4.69, 9.17) is 9.47 Å². The molecule has 0 aliphatic heterocycles. The Morgan fingerprint density at radius 3 is 2.65 bits per heavy atom. The first-order valence-corrected chi connectivity index (χ1v) is 7.03. The highest BCUT2D eigenvalue weighted by atomic mass is 127. The van der Waals surface area contributed by atoms with Crippen molar-refractivity contribution < 1.29 is 9.47 Å². The van der Waals surface area contributed by atoms with E-state index in [0.29, 0.717) is 6.04 Å².